The van der Waals surface area contributed by atoms with Crippen LogP contribution in [0.25, 0.3) is 0 Å². The summed E-state index contributed by atoms with van der Waals surface area (Å²) in [5.41, 5.74) is 2.97. The van der Waals surface area contributed by atoms with E-state index in [1.807, 2.05) is 39.0 Å². The van der Waals surface area contributed by atoms with Crippen LogP contribution in [0.3, 0.4) is 0 Å². The molecule has 0 heterocycles. The molecule has 2 rings (SSSR count). The molecule has 0 fully saturated rings. The molecule has 2 amide bonds. The molecule has 0 spiro atoms. The summed E-state index contributed by atoms with van der Waals surface area (Å²) in [5.74, 6) is 0.854. The Morgan fingerprint density at radius 1 is 1.10 bits per heavy atom. The topological polar surface area (TPSA) is 49.4 Å². The number of hydrogen-bond acceptors (Lipinski definition) is 3. The quantitative estimate of drug-likeness (QED) is 0.605. The molecule has 0 aliphatic rings. The Hall–Kier alpha value is -1.98. The van der Waals surface area contributed by atoms with E-state index >= 15 is 0 Å². The standard InChI is InChI=1S/C24H31ClN2O2S/c1-17-7-6-8-20(13-17)15-30-16-22(28)27(14-19-9-11-21(25)12-10-19)18(2)23(29)26-24(3,4)5/h6-13,18H,14-16H2,1-5H3,(H,26,29)/t18-/m1/s1. The Labute approximate surface area is 189 Å². The molecule has 0 aromatic heterocycles. The van der Waals surface area contributed by atoms with Crippen LogP contribution in [-0.2, 0) is 21.9 Å². The first-order valence-electron chi connectivity index (χ1n) is 10.0. The summed E-state index contributed by atoms with van der Waals surface area (Å²) in [6.07, 6.45) is 0. The number of aryl methyl sites for hydroxylation is 1. The molecule has 1 N–H and O–H groups in total. The predicted octanol–water partition coefficient (Wildman–Crippen LogP) is 5.21. The summed E-state index contributed by atoms with van der Waals surface area (Å²) in [7, 11) is 0. The molecule has 162 valence electrons. The van der Waals surface area contributed by atoms with Gasteiger partial charge in [-0.1, -0.05) is 53.6 Å². The highest BCUT2D eigenvalue weighted by molar-refractivity contribution is 7.99. The minimum Gasteiger partial charge on any atom is -0.350 e. The molecule has 0 unspecified atom stereocenters. The van der Waals surface area contributed by atoms with Crippen LogP contribution in [0.2, 0.25) is 5.02 Å². The summed E-state index contributed by atoms with van der Waals surface area (Å²) in [6.45, 7) is 9.99. The zero-order chi connectivity index (χ0) is 22.3. The Kier molecular flexibility index (Phi) is 8.80. The fraction of sp³-hybridized carbons (Fsp3) is 0.417. The molecule has 0 radical (unpaired) electrons. The van der Waals surface area contributed by atoms with Gasteiger partial charge in [0.05, 0.1) is 5.75 Å². The van der Waals surface area contributed by atoms with Gasteiger partial charge < -0.3 is 10.2 Å². The third kappa shape index (κ3) is 8.04. The van der Waals surface area contributed by atoms with Crippen LogP contribution in [0, 0.1) is 6.92 Å². The smallest absolute Gasteiger partial charge is 0.242 e. The van der Waals surface area contributed by atoms with Crippen LogP contribution in [-0.4, -0.2) is 34.0 Å². The fourth-order valence-electron chi connectivity index (χ4n) is 2.98. The van der Waals surface area contributed by atoms with Gasteiger partial charge in [-0.25, -0.2) is 0 Å². The molecular weight excluding hydrogens is 416 g/mol. The molecule has 4 nitrogen and oxygen atoms in total. The number of amides is 2. The summed E-state index contributed by atoms with van der Waals surface area (Å²) in [6, 6.07) is 15.1. The molecule has 30 heavy (non-hydrogen) atoms. The second-order valence-electron chi connectivity index (χ2n) is 8.55. The Bertz CT molecular complexity index is 862. The van der Waals surface area contributed by atoms with Gasteiger partial charge in [-0.2, -0.15) is 0 Å². The van der Waals surface area contributed by atoms with Crippen LogP contribution in [0.1, 0.15) is 44.4 Å². The van der Waals surface area contributed by atoms with Crippen molar-refractivity contribution in [2.24, 2.45) is 0 Å². The second kappa shape index (κ2) is 10.9. The van der Waals surface area contributed by atoms with Crippen molar-refractivity contribution >= 4 is 35.2 Å². The lowest BCUT2D eigenvalue weighted by Gasteiger charge is -2.31. The number of halogens is 1. The highest BCUT2D eigenvalue weighted by Crippen LogP contribution is 2.18. The molecule has 0 saturated carbocycles. The van der Waals surface area contributed by atoms with Crippen molar-refractivity contribution in [1.82, 2.24) is 10.2 Å². The number of nitrogens with one attached hydrogen (secondary N) is 1. The average Bonchev–Trinajstić information content (AvgIpc) is 2.65. The predicted molar refractivity (Wildman–Crippen MR) is 127 cm³/mol. The van der Waals surface area contributed by atoms with Crippen LogP contribution in [0.15, 0.2) is 48.5 Å². The number of rotatable bonds is 8. The molecule has 1 atom stereocenters. The third-order valence-corrected chi connectivity index (χ3v) is 5.75. The van der Waals surface area contributed by atoms with Gasteiger partial charge in [0.1, 0.15) is 6.04 Å². The first-order chi connectivity index (χ1) is 14.0. The number of carbonyl (C=O) groups excluding carboxylic acids is 2. The summed E-state index contributed by atoms with van der Waals surface area (Å²) < 4.78 is 0. The van der Waals surface area contributed by atoms with E-state index in [-0.39, 0.29) is 17.4 Å². The van der Waals surface area contributed by atoms with Crippen molar-refractivity contribution < 1.29 is 9.59 Å². The first kappa shape index (κ1) is 24.3. The maximum absolute atomic E-state index is 13.1. The highest BCUT2D eigenvalue weighted by Gasteiger charge is 2.28. The van der Waals surface area contributed by atoms with Crippen LogP contribution < -0.4 is 5.32 Å². The van der Waals surface area contributed by atoms with E-state index in [0.717, 1.165) is 11.3 Å². The summed E-state index contributed by atoms with van der Waals surface area (Å²) in [4.78, 5) is 27.5. The van der Waals surface area contributed by atoms with E-state index < -0.39 is 6.04 Å². The molecule has 2 aromatic rings. The van der Waals surface area contributed by atoms with Gasteiger partial charge in [0.15, 0.2) is 0 Å². The van der Waals surface area contributed by atoms with Gasteiger partial charge in [-0.05, 0) is 57.9 Å². The van der Waals surface area contributed by atoms with E-state index in [4.69, 9.17) is 11.6 Å². The van der Waals surface area contributed by atoms with Crippen molar-refractivity contribution in [3.63, 3.8) is 0 Å². The molecule has 2 aromatic carbocycles. The molecular formula is C24H31ClN2O2S. The number of thioether (sulfide) groups is 1. The summed E-state index contributed by atoms with van der Waals surface area (Å²) in [5, 5.41) is 3.62. The van der Waals surface area contributed by atoms with Crippen molar-refractivity contribution in [2.45, 2.75) is 58.5 Å². The lowest BCUT2D eigenvalue weighted by Crippen LogP contribution is -2.52. The van der Waals surface area contributed by atoms with Crippen LogP contribution in [0.5, 0.6) is 0 Å². The maximum Gasteiger partial charge on any atom is 0.242 e. The van der Waals surface area contributed by atoms with Gasteiger partial charge in [0, 0.05) is 22.9 Å². The number of hydrogen-bond donors (Lipinski definition) is 1. The van der Waals surface area contributed by atoms with E-state index in [1.54, 1.807) is 35.7 Å². The number of benzene rings is 2. The van der Waals surface area contributed by atoms with Crippen molar-refractivity contribution in [3.05, 3.63) is 70.2 Å². The van der Waals surface area contributed by atoms with Crippen molar-refractivity contribution in [3.8, 4) is 0 Å². The lowest BCUT2D eigenvalue weighted by atomic mass is 10.1. The van der Waals surface area contributed by atoms with Gasteiger partial charge in [0.25, 0.3) is 0 Å². The van der Waals surface area contributed by atoms with Gasteiger partial charge in [-0.15, -0.1) is 11.8 Å². The molecule has 0 aliphatic heterocycles. The van der Waals surface area contributed by atoms with Gasteiger partial charge in [0.2, 0.25) is 11.8 Å². The zero-order valence-electron chi connectivity index (χ0n) is 18.4. The Balaban J connectivity index is 2.09. The fourth-order valence-corrected chi connectivity index (χ4v) is 3.97. The van der Waals surface area contributed by atoms with Crippen LogP contribution >= 0.6 is 23.4 Å². The van der Waals surface area contributed by atoms with E-state index in [9.17, 15) is 9.59 Å². The highest BCUT2D eigenvalue weighted by atomic mass is 35.5. The second-order valence-corrected chi connectivity index (χ2v) is 9.97. The number of nitrogens with zero attached hydrogens (tertiary/aromatic N) is 1. The molecule has 0 aliphatic carbocycles. The summed E-state index contributed by atoms with van der Waals surface area (Å²) >= 11 is 7.55. The third-order valence-electron chi connectivity index (χ3n) is 4.51. The van der Waals surface area contributed by atoms with E-state index in [0.29, 0.717) is 17.3 Å². The molecule has 0 bridgehead atoms. The molecule has 0 saturated heterocycles. The normalized spacial score (nSPS) is 12.3. The zero-order valence-corrected chi connectivity index (χ0v) is 19.9. The average molecular weight is 447 g/mol. The van der Waals surface area contributed by atoms with Gasteiger partial charge in [-0.3, -0.25) is 9.59 Å². The Morgan fingerprint density at radius 2 is 1.77 bits per heavy atom. The molecule has 6 heteroatoms. The lowest BCUT2D eigenvalue weighted by molar-refractivity contribution is -0.139. The van der Waals surface area contributed by atoms with E-state index in [2.05, 4.69) is 30.4 Å². The SMILES string of the molecule is Cc1cccc(CSCC(=O)N(Cc2ccc(Cl)cc2)[C@H](C)C(=O)NC(C)(C)C)c1. The minimum atomic E-state index is -0.577. The minimum absolute atomic E-state index is 0.0563. The van der Waals surface area contributed by atoms with Crippen LogP contribution in [0.4, 0.5) is 0 Å². The monoisotopic (exact) mass is 446 g/mol. The van der Waals surface area contributed by atoms with Crippen molar-refractivity contribution in [1.29, 1.82) is 0 Å². The van der Waals surface area contributed by atoms with Gasteiger partial charge >= 0.3 is 0 Å². The van der Waals surface area contributed by atoms with E-state index in [1.165, 1.54) is 11.1 Å². The first-order valence-corrected chi connectivity index (χ1v) is 11.6. The Morgan fingerprint density at radius 3 is 2.37 bits per heavy atom. The van der Waals surface area contributed by atoms with Crippen molar-refractivity contribution in [2.75, 3.05) is 5.75 Å². The number of carbonyl (C=O) groups is 2. The maximum atomic E-state index is 13.1. The largest absolute Gasteiger partial charge is 0.350 e.